The summed E-state index contributed by atoms with van der Waals surface area (Å²) in [6.45, 7) is 1.91. The van der Waals surface area contributed by atoms with Crippen LogP contribution in [0.2, 0.25) is 0 Å². The van der Waals surface area contributed by atoms with E-state index in [4.69, 9.17) is 16.2 Å². The Morgan fingerprint density at radius 1 is 1.24 bits per heavy atom. The van der Waals surface area contributed by atoms with Gasteiger partial charge in [-0.05, 0) is 55.5 Å². The Bertz CT molecular complexity index is 1190. The fourth-order valence-electron chi connectivity index (χ4n) is 4.40. The van der Waals surface area contributed by atoms with Crippen LogP contribution >= 0.6 is 0 Å². The van der Waals surface area contributed by atoms with Crippen molar-refractivity contribution in [1.82, 2.24) is 15.3 Å². The minimum atomic E-state index is -1.05. The third-order valence-corrected chi connectivity index (χ3v) is 6.28. The van der Waals surface area contributed by atoms with E-state index >= 15 is 0 Å². The fraction of sp³-hybridized carbons (Fsp3) is 0.375. The topological polar surface area (TPSA) is 136 Å². The normalized spacial score (nSPS) is 16.3. The number of aryl methyl sites for hydroxylation is 1. The molecule has 174 valence electrons. The summed E-state index contributed by atoms with van der Waals surface area (Å²) < 4.78 is 20.6. The Morgan fingerprint density at radius 3 is 2.70 bits per heavy atom. The molecule has 1 aromatic carbocycles. The highest BCUT2D eigenvalue weighted by Crippen LogP contribution is 2.32. The molecule has 1 aliphatic rings. The van der Waals surface area contributed by atoms with Crippen LogP contribution in [0, 0.1) is 12.7 Å². The Morgan fingerprint density at radius 2 is 2.00 bits per heavy atom. The molecule has 2 amide bonds. The van der Waals surface area contributed by atoms with E-state index < -0.39 is 29.2 Å². The molecule has 33 heavy (non-hydrogen) atoms. The van der Waals surface area contributed by atoms with Crippen molar-refractivity contribution in [3.63, 3.8) is 0 Å². The number of carbonyl (C=O) groups excluding carboxylic acids is 2. The zero-order chi connectivity index (χ0) is 23.6. The molecule has 2 heterocycles. The second-order valence-corrected chi connectivity index (χ2v) is 8.68. The second kappa shape index (κ2) is 9.19. The van der Waals surface area contributed by atoms with E-state index in [1.165, 1.54) is 12.1 Å². The Hall–Kier alpha value is -3.46. The summed E-state index contributed by atoms with van der Waals surface area (Å²) in [6.07, 6.45) is 7.14. The third kappa shape index (κ3) is 4.68. The monoisotopic (exact) mass is 453 g/mol. The summed E-state index contributed by atoms with van der Waals surface area (Å²) in [4.78, 5) is 32.0. The van der Waals surface area contributed by atoms with Crippen molar-refractivity contribution in [1.29, 1.82) is 0 Å². The molecule has 6 N–H and O–H groups in total. The number of pyridine rings is 1. The van der Waals surface area contributed by atoms with E-state index in [2.05, 4.69) is 15.3 Å². The molecule has 1 aliphatic carbocycles. The highest BCUT2D eigenvalue weighted by atomic mass is 19.1. The summed E-state index contributed by atoms with van der Waals surface area (Å²) >= 11 is 0. The molecule has 4 rings (SSSR count). The van der Waals surface area contributed by atoms with E-state index in [-0.39, 0.29) is 12.2 Å². The predicted molar refractivity (Wildman–Crippen MR) is 122 cm³/mol. The number of rotatable bonds is 7. The molecule has 3 aromatic rings. The van der Waals surface area contributed by atoms with Gasteiger partial charge in [-0.1, -0.05) is 25.3 Å². The molecule has 2 aromatic heterocycles. The summed E-state index contributed by atoms with van der Waals surface area (Å²) in [7, 11) is 0. The van der Waals surface area contributed by atoms with Crippen LogP contribution in [-0.2, 0) is 16.0 Å². The molecule has 0 bridgehead atoms. The molecule has 0 saturated heterocycles. The molecule has 0 aliphatic heterocycles. The summed E-state index contributed by atoms with van der Waals surface area (Å²) in [6, 6.07) is 5.21. The van der Waals surface area contributed by atoms with Gasteiger partial charge in [0.05, 0.1) is 11.4 Å². The number of amides is 2. The van der Waals surface area contributed by atoms with Crippen LogP contribution in [0.25, 0.3) is 11.0 Å². The van der Waals surface area contributed by atoms with Crippen LogP contribution < -0.4 is 21.5 Å². The number of aromatic amines is 1. The van der Waals surface area contributed by atoms with Gasteiger partial charge in [0.2, 0.25) is 11.8 Å². The lowest BCUT2D eigenvalue weighted by atomic mass is 9.80. The van der Waals surface area contributed by atoms with E-state index in [1.807, 2.05) is 13.1 Å². The molecule has 1 fully saturated rings. The molecule has 9 heteroatoms. The first-order valence-electron chi connectivity index (χ1n) is 11.1. The maximum atomic E-state index is 14.8. The summed E-state index contributed by atoms with van der Waals surface area (Å²) in [5.41, 5.74) is 12.7. The van der Waals surface area contributed by atoms with Crippen molar-refractivity contribution in [3.05, 3.63) is 53.6 Å². The molecule has 1 unspecified atom stereocenters. The SMILES string of the molecule is Cc1c[nH]c2nccc(Oc3ccc(CC(N)C(=O)NC4(C(N)=O)CCCCC4)cc3F)c12. The van der Waals surface area contributed by atoms with Gasteiger partial charge < -0.3 is 26.5 Å². The highest BCUT2D eigenvalue weighted by Gasteiger charge is 2.40. The predicted octanol–water partition coefficient (Wildman–Crippen LogP) is 2.98. The molecule has 1 atom stereocenters. The third-order valence-electron chi connectivity index (χ3n) is 6.28. The average Bonchev–Trinajstić information content (AvgIpc) is 3.18. The van der Waals surface area contributed by atoms with Crippen molar-refractivity contribution >= 4 is 22.8 Å². The van der Waals surface area contributed by atoms with Crippen LogP contribution in [0.1, 0.15) is 43.2 Å². The highest BCUT2D eigenvalue weighted by molar-refractivity contribution is 5.92. The number of primary amides is 1. The average molecular weight is 454 g/mol. The number of aromatic nitrogens is 2. The van der Waals surface area contributed by atoms with Crippen molar-refractivity contribution in [2.24, 2.45) is 11.5 Å². The lowest BCUT2D eigenvalue weighted by molar-refractivity contribution is -0.133. The van der Waals surface area contributed by atoms with Gasteiger partial charge in [0, 0.05) is 12.4 Å². The van der Waals surface area contributed by atoms with Gasteiger partial charge in [-0.3, -0.25) is 9.59 Å². The van der Waals surface area contributed by atoms with E-state index in [0.29, 0.717) is 29.8 Å². The smallest absolute Gasteiger partial charge is 0.243 e. The molecule has 0 radical (unpaired) electrons. The van der Waals surface area contributed by atoms with Crippen LogP contribution in [0.4, 0.5) is 4.39 Å². The van der Waals surface area contributed by atoms with E-state index in [0.717, 1.165) is 30.2 Å². The molecule has 8 nitrogen and oxygen atoms in total. The largest absolute Gasteiger partial charge is 0.453 e. The van der Waals surface area contributed by atoms with Crippen molar-refractivity contribution in [2.45, 2.75) is 57.0 Å². The van der Waals surface area contributed by atoms with Crippen molar-refractivity contribution in [3.8, 4) is 11.5 Å². The number of fused-ring (bicyclic) bond motifs is 1. The number of benzene rings is 1. The minimum Gasteiger partial charge on any atom is -0.453 e. The first kappa shape index (κ1) is 22.7. The van der Waals surface area contributed by atoms with Gasteiger partial charge in [-0.15, -0.1) is 0 Å². The number of halogens is 1. The van der Waals surface area contributed by atoms with Crippen LogP contribution in [0.15, 0.2) is 36.7 Å². The molecular weight excluding hydrogens is 425 g/mol. The number of ether oxygens (including phenoxy) is 1. The van der Waals surface area contributed by atoms with Gasteiger partial charge >= 0.3 is 0 Å². The number of nitrogens with one attached hydrogen (secondary N) is 2. The lowest BCUT2D eigenvalue weighted by Gasteiger charge is -2.35. The second-order valence-electron chi connectivity index (χ2n) is 8.68. The van der Waals surface area contributed by atoms with Crippen LogP contribution in [0.3, 0.4) is 0 Å². The number of hydrogen-bond acceptors (Lipinski definition) is 5. The Labute approximate surface area is 190 Å². The first-order valence-corrected chi connectivity index (χ1v) is 11.1. The quantitative estimate of drug-likeness (QED) is 0.436. The van der Waals surface area contributed by atoms with Gasteiger partial charge in [-0.25, -0.2) is 9.37 Å². The van der Waals surface area contributed by atoms with Crippen molar-refractivity contribution in [2.75, 3.05) is 0 Å². The number of nitrogens with zero attached hydrogens (tertiary/aromatic N) is 1. The Balaban J connectivity index is 1.45. The van der Waals surface area contributed by atoms with Gasteiger partial charge in [0.1, 0.15) is 16.9 Å². The Kier molecular flexibility index (Phi) is 6.33. The van der Waals surface area contributed by atoms with Gasteiger partial charge in [-0.2, -0.15) is 0 Å². The molecule has 1 saturated carbocycles. The standard InChI is InChI=1S/C24H28FN5O3/c1-14-13-29-21-20(14)19(7-10-28-21)33-18-6-5-15(11-16(18)25)12-17(26)22(31)30-24(23(27)32)8-3-2-4-9-24/h5-7,10-11,13,17H,2-4,8-9,12,26H2,1H3,(H2,27,32)(H,28,29)(H,30,31). The number of carbonyl (C=O) groups is 2. The van der Waals surface area contributed by atoms with Crippen LogP contribution in [-0.4, -0.2) is 33.4 Å². The summed E-state index contributed by atoms with van der Waals surface area (Å²) in [5, 5.41) is 3.55. The molecular formula is C24H28FN5O3. The fourth-order valence-corrected chi connectivity index (χ4v) is 4.40. The number of H-pyrrole nitrogens is 1. The maximum absolute atomic E-state index is 14.8. The van der Waals surface area contributed by atoms with Crippen molar-refractivity contribution < 1.29 is 18.7 Å². The van der Waals surface area contributed by atoms with Crippen LogP contribution in [0.5, 0.6) is 11.5 Å². The number of nitrogens with two attached hydrogens (primary N) is 2. The zero-order valence-corrected chi connectivity index (χ0v) is 18.5. The van der Waals surface area contributed by atoms with E-state index in [9.17, 15) is 14.0 Å². The van der Waals surface area contributed by atoms with Gasteiger partial charge in [0.25, 0.3) is 0 Å². The summed E-state index contributed by atoms with van der Waals surface area (Å²) in [5.74, 6) is -1.04. The number of hydrogen-bond donors (Lipinski definition) is 4. The zero-order valence-electron chi connectivity index (χ0n) is 18.5. The molecule has 0 spiro atoms. The first-order chi connectivity index (χ1) is 15.8. The lowest BCUT2D eigenvalue weighted by Crippen LogP contribution is -2.61. The van der Waals surface area contributed by atoms with E-state index in [1.54, 1.807) is 18.3 Å². The van der Waals surface area contributed by atoms with Gasteiger partial charge in [0.15, 0.2) is 11.6 Å². The minimum absolute atomic E-state index is 0.0553. The maximum Gasteiger partial charge on any atom is 0.243 e.